The van der Waals surface area contributed by atoms with Crippen molar-refractivity contribution in [2.24, 2.45) is 5.92 Å². The highest BCUT2D eigenvalue weighted by Gasteiger charge is 2.37. The lowest BCUT2D eigenvalue weighted by Gasteiger charge is -2.25. The third-order valence-electron chi connectivity index (χ3n) is 4.54. The largest absolute Gasteiger partial charge is 0.312 e. The van der Waals surface area contributed by atoms with E-state index in [1.165, 1.54) is 24.0 Å². The summed E-state index contributed by atoms with van der Waals surface area (Å²) in [6.45, 7) is 4.19. The molecule has 1 aliphatic heterocycles. The average molecular weight is 268 g/mol. The second-order valence-electron chi connectivity index (χ2n) is 6.00. The van der Waals surface area contributed by atoms with Crippen LogP contribution in [0.25, 0.3) is 0 Å². The van der Waals surface area contributed by atoms with Gasteiger partial charge in [-0.1, -0.05) is 24.3 Å². The lowest BCUT2D eigenvalue weighted by molar-refractivity contribution is 0.377. The quantitative estimate of drug-likeness (QED) is 0.928. The molecule has 0 radical (unpaired) electrons. The molecule has 1 fully saturated rings. The third-order valence-corrected chi connectivity index (χ3v) is 4.54. The van der Waals surface area contributed by atoms with Crippen LogP contribution >= 0.6 is 0 Å². The predicted octanol–water partition coefficient (Wildman–Crippen LogP) is 2.23. The van der Waals surface area contributed by atoms with Crippen LogP contribution in [0, 0.1) is 12.8 Å². The summed E-state index contributed by atoms with van der Waals surface area (Å²) in [5.74, 6) is 3.05. The molecule has 0 amide bonds. The van der Waals surface area contributed by atoms with Crippen LogP contribution in [0.2, 0.25) is 0 Å². The van der Waals surface area contributed by atoms with E-state index in [4.69, 9.17) is 0 Å². The minimum Gasteiger partial charge on any atom is -0.312 e. The first-order valence-corrected chi connectivity index (χ1v) is 7.53. The van der Waals surface area contributed by atoms with Gasteiger partial charge in [0.25, 0.3) is 0 Å². The first-order chi connectivity index (χ1) is 9.83. The summed E-state index contributed by atoms with van der Waals surface area (Å²) in [5, 5.41) is 12.5. The summed E-state index contributed by atoms with van der Waals surface area (Å²) in [5.41, 5.74) is 2.68. The molecule has 104 valence electrons. The van der Waals surface area contributed by atoms with Gasteiger partial charge in [0.1, 0.15) is 5.82 Å². The Balaban J connectivity index is 1.65. The Labute approximate surface area is 119 Å². The summed E-state index contributed by atoms with van der Waals surface area (Å²) >= 11 is 0. The molecule has 2 heterocycles. The topological polar surface area (TPSA) is 42.7 Å². The van der Waals surface area contributed by atoms with Gasteiger partial charge in [0.2, 0.25) is 0 Å². The summed E-state index contributed by atoms with van der Waals surface area (Å²) in [6, 6.07) is 8.98. The molecule has 4 heteroatoms. The van der Waals surface area contributed by atoms with Gasteiger partial charge in [0.15, 0.2) is 5.82 Å². The molecule has 1 aliphatic carbocycles. The summed E-state index contributed by atoms with van der Waals surface area (Å²) < 4.78 is 2.34. The van der Waals surface area contributed by atoms with Crippen molar-refractivity contribution in [2.75, 3.05) is 6.54 Å². The van der Waals surface area contributed by atoms with Crippen LogP contribution in [0.4, 0.5) is 0 Å². The fraction of sp³-hybridized carbons (Fsp3) is 0.500. The maximum Gasteiger partial charge on any atom is 0.150 e. The summed E-state index contributed by atoms with van der Waals surface area (Å²) in [4.78, 5) is 0. The Hall–Kier alpha value is -1.68. The van der Waals surface area contributed by atoms with Gasteiger partial charge in [-0.15, -0.1) is 10.2 Å². The van der Waals surface area contributed by atoms with E-state index in [0.29, 0.717) is 6.04 Å². The molecule has 1 aromatic carbocycles. The van der Waals surface area contributed by atoms with Gasteiger partial charge in [0, 0.05) is 19.5 Å². The molecule has 0 saturated heterocycles. The number of nitrogens with zero attached hydrogens (tertiary/aromatic N) is 3. The summed E-state index contributed by atoms with van der Waals surface area (Å²) in [7, 11) is 0. The van der Waals surface area contributed by atoms with Crippen molar-refractivity contribution in [1.29, 1.82) is 0 Å². The van der Waals surface area contributed by atoms with Crippen molar-refractivity contribution < 1.29 is 0 Å². The van der Waals surface area contributed by atoms with E-state index in [0.717, 1.165) is 37.1 Å². The van der Waals surface area contributed by atoms with Crippen LogP contribution in [-0.2, 0) is 13.0 Å². The Bertz CT molecular complexity index is 627. The van der Waals surface area contributed by atoms with Gasteiger partial charge in [-0.2, -0.15) is 0 Å². The molecule has 4 nitrogen and oxygen atoms in total. The summed E-state index contributed by atoms with van der Waals surface area (Å²) in [6.07, 6.45) is 3.55. The molecule has 1 atom stereocenters. The SMILES string of the molecule is Cc1ccccc1Cc1nnc2n1CCNC2C1CC1. The Morgan fingerprint density at radius 2 is 2.10 bits per heavy atom. The zero-order valence-electron chi connectivity index (χ0n) is 11.8. The van der Waals surface area contributed by atoms with Crippen LogP contribution in [-0.4, -0.2) is 21.3 Å². The van der Waals surface area contributed by atoms with E-state index >= 15 is 0 Å². The standard InChI is InChI=1S/C16H20N4/c1-11-4-2-3-5-13(11)10-14-18-19-16-15(12-6-7-12)17-8-9-20(14)16/h2-5,12,15,17H,6-10H2,1H3. The fourth-order valence-corrected chi connectivity index (χ4v) is 3.16. The molecule has 0 spiro atoms. The average Bonchev–Trinajstić information content (AvgIpc) is 3.23. The molecule has 20 heavy (non-hydrogen) atoms. The Kier molecular flexibility index (Phi) is 2.84. The van der Waals surface area contributed by atoms with Gasteiger partial charge in [-0.3, -0.25) is 0 Å². The molecule has 1 aromatic heterocycles. The maximum atomic E-state index is 4.48. The van der Waals surface area contributed by atoms with Gasteiger partial charge in [-0.05, 0) is 36.8 Å². The normalized spacial score (nSPS) is 21.8. The molecule has 1 saturated carbocycles. The van der Waals surface area contributed by atoms with E-state index in [9.17, 15) is 0 Å². The molecular weight excluding hydrogens is 248 g/mol. The second-order valence-corrected chi connectivity index (χ2v) is 6.00. The van der Waals surface area contributed by atoms with Crippen LogP contribution in [0.5, 0.6) is 0 Å². The first-order valence-electron chi connectivity index (χ1n) is 7.53. The highest BCUT2D eigenvalue weighted by Crippen LogP contribution is 2.41. The van der Waals surface area contributed by atoms with Gasteiger partial charge < -0.3 is 9.88 Å². The van der Waals surface area contributed by atoms with E-state index in [-0.39, 0.29) is 0 Å². The van der Waals surface area contributed by atoms with Crippen molar-refractivity contribution in [3.8, 4) is 0 Å². The van der Waals surface area contributed by atoms with Crippen molar-refractivity contribution in [1.82, 2.24) is 20.1 Å². The molecule has 1 N–H and O–H groups in total. The van der Waals surface area contributed by atoms with Gasteiger partial charge in [0.05, 0.1) is 6.04 Å². The number of rotatable bonds is 3. The van der Waals surface area contributed by atoms with Crippen LogP contribution in [0.15, 0.2) is 24.3 Å². The van der Waals surface area contributed by atoms with E-state index in [1.54, 1.807) is 0 Å². The first kappa shape index (κ1) is 12.1. The third kappa shape index (κ3) is 2.04. The molecule has 2 aromatic rings. The van der Waals surface area contributed by atoms with E-state index in [1.807, 2.05) is 0 Å². The van der Waals surface area contributed by atoms with E-state index < -0.39 is 0 Å². The van der Waals surface area contributed by atoms with Crippen molar-refractivity contribution in [3.05, 3.63) is 47.0 Å². The van der Waals surface area contributed by atoms with Gasteiger partial charge in [-0.25, -0.2) is 0 Å². The van der Waals surface area contributed by atoms with Crippen LogP contribution in [0.1, 0.15) is 41.7 Å². The lowest BCUT2D eigenvalue weighted by Crippen LogP contribution is -2.35. The number of nitrogens with one attached hydrogen (secondary N) is 1. The van der Waals surface area contributed by atoms with E-state index in [2.05, 4.69) is 51.3 Å². The number of aromatic nitrogens is 3. The zero-order chi connectivity index (χ0) is 13.5. The minimum atomic E-state index is 0.432. The number of aryl methyl sites for hydroxylation is 1. The minimum absolute atomic E-state index is 0.432. The predicted molar refractivity (Wildman–Crippen MR) is 77.5 cm³/mol. The molecule has 2 aliphatic rings. The van der Waals surface area contributed by atoms with Crippen molar-refractivity contribution >= 4 is 0 Å². The van der Waals surface area contributed by atoms with Gasteiger partial charge >= 0.3 is 0 Å². The van der Waals surface area contributed by atoms with Crippen LogP contribution < -0.4 is 5.32 Å². The Morgan fingerprint density at radius 3 is 2.90 bits per heavy atom. The molecule has 1 unspecified atom stereocenters. The smallest absolute Gasteiger partial charge is 0.150 e. The second kappa shape index (κ2) is 4.70. The maximum absolute atomic E-state index is 4.48. The fourth-order valence-electron chi connectivity index (χ4n) is 3.16. The monoisotopic (exact) mass is 268 g/mol. The highest BCUT2D eigenvalue weighted by atomic mass is 15.3. The number of benzene rings is 1. The number of hydrogen-bond acceptors (Lipinski definition) is 3. The molecular formula is C16H20N4. The molecule has 0 bridgehead atoms. The van der Waals surface area contributed by atoms with Crippen molar-refractivity contribution in [2.45, 2.75) is 38.8 Å². The highest BCUT2D eigenvalue weighted by molar-refractivity contribution is 5.28. The molecule has 4 rings (SSSR count). The number of fused-ring (bicyclic) bond motifs is 1. The lowest BCUT2D eigenvalue weighted by atomic mass is 10.1. The van der Waals surface area contributed by atoms with Crippen molar-refractivity contribution in [3.63, 3.8) is 0 Å². The zero-order valence-corrected chi connectivity index (χ0v) is 11.8. The Morgan fingerprint density at radius 1 is 1.25 bits per heavy atom. The number of hydrogen-bond donors (Lipinski definition) is 1. The van der Waals surface area contributed by atoms with Crippen LogP contribution in [0.3, 0.4) is 0 Å².